The van der Waals surface area contributed by atoms with Crippen LogP contribution in [0.3, 0.4) is 0 Å². The number of aromatic nitrogens is 1. The number of nitrogens with zero attached hydrogens (tertiary/aromatic N) is 1. The molecule has 1 aliphatic heterocycles. The Kier molecular flexibility index (Phi) is 6.62. The molecule has 0 radical (unpaired) electrons. The predicted molar refractivity (Wildman–Crippen MR) is 149 cm³/mol. The molecule has 3 atom stereocenters. The van der Waals surface area contributed by atoms with Crippen LogP contribution in [0.15, 0.2) is 40.9 Å². The van der Waals surface area contributed by atoms with Crippen LogP contribution < -0.4 is 4.74 Å². The summed E-state index contributed by atoms with van der Waals surface area (Å²) < 4.78 is 31.6. The number of hydrogen-bond donors (Lipinski definition) is 0. The van der Waals surface area contributed by atoms with Gasteiger partial charge in [-0.15, -0.1) is 0 Å². The van der Waals surface area contributed by atoms with Crippen molar-refractivity contribution in [2.75, 3.05) is 6.61 Å². The Hall–Kier alpha value is -2.52. The number of ketones is 1. The Labute approximate surface area is 226 Å². The van der Waals surface area contributed by atoms with Gasteiger partial charge in [0.25, 0.3) is 0 Å². The van der Waals surface area contributed by atoms with Crippen molar-refractivity contribution in [2.45, 2.75) is 91.1 Å². The highest BCUT2D eigenvalue weighted by molar-refractivity contribution is 6.48. The van der Waals surface area contributed by atoms with Crippen molar-refractivity contribution in [1.29, 1.82) is 0 Å². The minimum atomic E-state index is -1.33. The second-order valence-electron chi connectivity index (χ2n) is 12.7. The van der Waals surface area contributed by atoms with Gasteiger partial charge < -0.3 is 23.1 Å². The molecular weight excluding hydrogens is 498 g/mol. The maximum Gasteiger partial charge on any atom is 0.226 e. The van der Waals surface area contributed by atoms with Crippen molar-refractivity contribution in [2.24, 2.45) is 5.41 Å². The maximum atomic E-state index is 13.5. The van der Waals surface area contributed by atoms with Gasteiger partial charge in [0.05, 0.1) is 17.1 Å². The van der Waals surface area contributed by atoms with Crippen LogP contribution in [0.1, 0.15) is 75.7 Å². The van der Waals surface area contributed by atoms with E-state index in [9.17, 15) is 4.79 Å². The molecule has 0 N–H and O–H groups in total. The molecule has 0 bridgehead atoms. The van der Waals surface area contributed by atoms with Gasteiger partial charge >= 0.3 is 0 Å². The summed E-state index contributed by atoms with van der Waals surface area (Å²) in [7, 11) is -1.33. The van der Waals surface area contributed by atoms with E-state index in [1.54, 1.807) is 6.20 Å². The van der Waals surface area contributed by atoms with Crippen molar-refractivity contribution in [3.05, 3.63) is 59.0 Å². The Bertz CT molecular complexity index is 1370. The van der Waals surface area contributed by atoms with Gasteiger partial charge in [-0.3, -0.25) is 4.79 Å². The number of ether oxygens (including phenoxy) is 3. The molecule has 0 spiro atoms. The number of fused-ring (bicyclic) bond motifs is 4. The number of carbonyl (C=O) groups excluding carboxylic acids is 1. The summed E-state index contributed by atoms with van der Waals surface area (Å²) in [6, 6.07) is 9.37. The van der Waals surface area contributed by atoms with E-state index in [4.69, 9.17) is 23.1 Å². The fourth-order valence-electron chi connectivity index (χ4n) is 5.68. The number of hydrogen-bond acceptors (Lipinski definition) is 7. The smallest absolute Gasteiger partial charge is 0.226 e. The number of furan rings is 1. The maximum absolute atomic E-state index is 13.5. The first-order chi connectivity index (χ1) is 17.7. The Morgan fingerprint density at radius 2 is 1.84 bits per heavy atom. The van der Waals surface area contributed by atoms with Crippen molar-refractivity contribution in [3.8, 4) is 5.75 Å². The van der Waals surface area contributed by atoms with E-state index < -0.39 is 20.2 Å². The van der Waals surface area contributed by atoms with Crippen LogP contribution in [0.2, 0.25) is 13.1 Å². The first kappa shape index (κ1) is 27.1. The summed E-state index contributed by atoms with van der Waals surface area (Å²) in [5.74, 6) is 0.518. The number of pyridine rings is 1. The van der Waals surface area contributed by atoms with Gasteiger partial charge in [0.1, 0.15) is 30.3 Å². The minimum absolute atomic E-state index is 0.0509. The molecule has 0 amide bonds. The molecule has 204 valence electrons. The molecule has 0 saturated carbocycles. The van der Waals surface area contributed by atoms with E-state index >= 15 is 0 Å². The summed E-state index contributed by atoms with van der Waals surface area (Å²) in [5, 5.41) is 0.749. The number of carbonyl (C=O) groups is 1. The lowest BCUT2D eigenvalue weighted by molar-refractivity contribution is -0.160. The molecule has 2 aromatic heterocycles. The molecule has 1 unspecified atom stereocenters. The topological polar surface area (TPSA) is 80.0 Å². The minimum Gasteiger partial charge on any atom is -0.491 e. The van der Waals surface area contributed by atoms with Gasteiger partial charge in [0.15, 0.2) is 20.6 Å². The Morgan fingerprint density at radius 3 is 2.53 bits per heavy atom. The van der Waals surface area contributed by atoms with Crippen LogP contribution in [0.4, 0.5) is 0 Å². The highest BCUT2D eigenvalue weighted by atomic mass is 28.3. The SMILES string of the molecule is C[SiH](C)OC([C@@H]1OC(C)(C)O[C@@H]1COc1ccc2c(c1)C(C)(C)c1oc3ncccc3c1C2=O)C(C)(C)C. The second-order valence-corrected chi connectivity index (χ2v) is 15.1. The van der Waals surface area contributed by atoms with Gasteiger partial charge in [-0.1, -0.05) is 20.8 Å². The average molecular weight is 538 g/mol. The molecule has 7 nitrogen and oxygen atoms in total. The van der Waals surface area contributed by atoms with Crippen LogP contribution in [-0.2, 0) is 19.3 Å². The summed E-state index contributed by atoms with van der Waals surface area (Å²) in [4.78, 5) is 17.9. The Balaban J connectivity index is 1.42. The molecule has 38 heavy (non-hydrogen) atoms. The number of benzene rings is 1. The van der Waals surface area contributed by atoms with Crippen LogP contribution in [-0.4, -0.2) is 50.5 Å². The Morgan fingerprint density at radius 1 is 1.11 bits per heavy atom. The summed E-state index contributed by atoms with van der Waals surface area (Å²) in [6.07, 6.45) is 0.988. The van der Waals surface area contributed by atoms with Gasteiger partial charge in [-0.05, 0) is 82.1 Å². The van der Waals surface area contributed by atoms with E-state index in [0.29, 0.717) is 35.0 Å². The molecule has 1 saturated heterocycles. The summed E-state index contributed by atoms with van der Waals surface area (Å²) in [6.45, 7) is 19.2. The highest BCUT2D eigenvalue weighted by Crippen LogP contribution is 2.46. The first-order valence-electron chi connectivity index (χ1n) is 13.4. The van der Waals surface area contributed by atoms with E-state index in [2.05, 4.69) is 52.7 Å². The fourth-order valence-corrected chi connectivity index (χ4v) is 6.83. The van der Waals surface area contributed by atoms with Gasteiger partial charge in [-0.25, -0.2) is 4.98 Å². The van der Waals surface area contributed by atoms with Crippen LogP contribution in [0, 0.1) is 5.41 Å². The normalized spacial score (nSPS) is 22.9. The first-order valence-corrected chi connectivity index (χ1v) is 16.2. The lowest BCUT2D eigenvalue weighted by Gasteiger charge is -2.38. The van der Waals surface area contributed by atoms with E-state index in [1.807, 2.05) is 44.2 Å². The van der Waals surface area contributed by atoms with E-state index in [0.717, 1.165) is 10.9 Å². The standard InChI is InChI=1S/C30H39NO6Si/c1-28(2,3)26(37-38(8)9)24-21(35-30(6,7)36-24)16-33-17-12-13-18-20(15-17)29(4,5)25-22(23(18)32)19-11-10-14-31-27(19)34-25/h10-15,21,24,26,38H,16H2,1-9H3/t21-,24-,26?/m1/s1. The zero-order chi connectivity index (χ0) is 27.6. The van der Waals surface area contributed by atoms with Gasteiger partial charge in [0.2, 0.25) is 5.71 Å². The molecule has 2 aliphatic rings. The fraction of sp³-hybridized carbons (Fsp3) is 0.533. The summed E-state index contributed by atoms with van der Waals surface area (Å²) in [5.41, 5.74) is 1.94. The third kappa shape index (κ3) is 4.72. The summed E-state index contributed by atoms with van der Waals surface area (Å²) >= 11 is 0. The van der Waals surface area contributed by atoms with Crippen LogP contribution in [0.5, 0.6) is 5.75 Å². The molecule has 1 fully saturated rings. The van der Waals surface area contributed by atoms with Crippen LogP contribution in [0.25, 0.3) is 11.1 Å². The second kappa shape index (κ2) is 9.29. The molecule has 1 aliphatic carbocycles. The molecule has 1 aromatic carbocycles. The highest BCUT2D eigenvalue weighted by Gasteiger charge is 2.49. The lowest BCUT2D eigenvalue weighted by atomic mass is 9.72. The zero-order valence-electron chi connectivity index (χ0n) is 23.9. The van der Waals surface area contributed by atoms with Crippen molar-refractivity contribution in [1.82, 2.24) is 4.98 Å². The van der Waals surface area contributed by atoms with Gasteiger partial charge in [-0.2, -0.15) is 0 Å². The number of rotatable bonds is 6. The largest absolute Gasteiger partial charge is 0.491 e. The monoisotopic (exact) mass is 537 g/mol. The molecule has 3 aromatic rings. The molecule has 5 rings (SSSR count). The zero-order valence-corrected chi connectivity index (χ0v) is 25.0. The van der Waals surface area contributed by atoms with Crippen molar-refractivity contribution < 1.29 is 27.8 Å². The third-order valence-electron chi connectivity index (χ3n) is 7.38. The van der Waals surface area contributed by atoms with E-state index in [1.165, 1.54) is 0 Å². The molecule has 8 heteroatoms. The predicted octanol–water partition coefficient (Wildman–Crippen LogP) is 6.01. The molecule has 3 heterocycles. The molecular formula is C30H39NO6Si. The lowest BCUT2D eigenvalue weighted by Crippen LogP contribution is -2.48. The van der Waals surface area contributed by atoms with Crippen LogP contribution >= 0.6 is 0 Å². The van der Waals surface area contributed by atoms with Gasteiger partial charge in [0, 0.05) is 17.2 Å². The van der Waals surface area contributed by atoms with E-state index in [-0.39, 0.29) is 29.5 Å². The van der Waals surface area contributed by atoms with Crippen molar-refractivity contribution in [3.63, 3.8) is 0 Å². The quantitative estimate of drug-likeness (QED) is 0.356. The van der Waals surface area contributed by atoms with Crippen molar-refractivity contribution >= 4 is 25.9 Å². The third-order valence-corrected chi connectivity index (χ3v) is 8.21. The average Bonchev–Trinajstić information content (AvgIpc) is 3.37.